The molecule has 1 fully saturated rings. The zero-order valence-corrected chi connectivity index (χ0v) is 10.8. The molecule has 1 aliphatic carbocycles. The summed E-state index contributed by atoms with van der Waals surface area (Å²) in [4.78, 5) is 0. The van der Waals surface area contributed by atoms with E-state index in [1.54, 1.807) is 0 Å². The van der Waals surface area contributed by atoms with Gasteiger partial charge in [-0.1, -0.05) is 20.8 Å². The Kier molecular flexibility index (Phi) is 5.07. The fraction of sp³-hybridized carbons (Fsp3) is 1.00. The maximum Gasteiger partial charge on any atom is 0.0832 e. The summed E-state index contributed by atoms with van der Waals surface area (Å²) in [7, 11) is 0. The molecule has 0 radical (unpaired) electrons. The third kappa shape index (κ3) is 2.94. The van der Waals surface area contributed by atoms with Gasteiger partial charge < -0.3 is 10.1 Å². The fourth-order valence-electron chi connectivity index (χ4n) is 2.70. The second-order valence-electron chi connectivity index (χ2n) is 4.58. The summed E-state index contributed by atoms with van der Waals surface area (Å²) in [5.41, 5.74) is 0.0753. The van der Waals surface area contributed by atoms with Crippen LogP contribution in [0.1, 0.15) is 53.4 Å². The van der Waals surface area contributed by atoms with Gasteiger partial charge in [0.2, 0.25) is 0 Å². The second-order valence-corrected chi connectivity index (χ2v) is 4.58. The smallest absolute Gasteiger partial charge is 0.0832 e. The number of ether oxygens (including phenoxy) is 1. The summed E-state index contributed by atoms with van der Waals surface area (Å²) < 4.78 is 6.08. The summed E-state index contributed by atoms with van der Waals surface area (Å²) in [6.07, 6.45) is 5.00. The van der Waals surface area contributed by atoms with E-state index in [0.29, 0.717) is 6.04 Å². The van der Waals surface area contributed by atoms with E-state index in [1.807, 2.05) is 0 Å². The van der Waals surface area contributed by atoms with Crippen molar-refractivity contribution in [2.24, 2.45) is 5.92 Å². The lowest BCUT2D eigenvalue weighted by Crippen LogP contribution is -2.53. The van der Waals surface area contributed by atoms with Gasteiger partial charge in [-0.05, 0) is 45.1 Å². The van der Waals surface area contributed by atoms with E-state index in [9.17, 15) is 0 Å². The van der Waals surface area contributed by atoms with Gasteiger partial charge >= 0.3 is 0 Å². The van der Waals surface area contributed by atoms with Crippen LogP contribution in [0.3, 0.4) is 0 Å². The first-order valence-electron chi connectivity index (χ1n) is 6.61. The lowest BCUT2D eigenvalue weighted by Gasteiger charge is -2.40. The summed E-state index contributed by atoms with van der Waals surface area (Å²) in [6.45, 7) is 10.7. The highest BCUT2D eigenvalue weighted by Crippen LogP contribution is 2.41. The third-order valence-electron chi connectivity index (χ3n) is 3.71. The molecule has 0 aromatic carbocycles. The van der Waals surface area contributed by atoms with Crippen LogP contribution in [0.4, 0.5) is 0 Å². The SMILES string of the molecule is CCNC(C1CC1)C(CC)(CC)OCC. The Morgan fingerprint density at radius 3 is 2.13 bits per heavy atom. The highest BCUT2D eigenvalue weighted by atomic mass is 16.5. The third-order valence-corrected chi connectivity index (χ3v) is 3.71. The van der Waals surface area contributed by atoms with Gasteiger partial charge in [0.05, 0.1) is 5.60 Å². The average molecular weight is 213 g/mol. The predicted octanol–water partition coefficient (Wildman–Crippen LogP) is 2.97. The van der Waals surface area contributed by atoms with Crippen molar-refractivity contribution in [3.8, 4) is 0 Å². The Hall–Kier alpha value is -0.0800. The monoisotopic (exact) mass is 213 g/mol. The van der Waals surface area contributed by atoms with Crippen LogP contribution in [0.15, 0.2) is 0 Å². The topological polar surface area (TPSA) is 21.3 Å². The molecule has 2 heteroatoms. The molecule has 0 bridgehead atoms. The molecule has 0 saturated heterocycles. The zero-order chi connectivity index (χ0) is 11.3. The van der Waals surface area contributed by atoms with Gasteiger partial charge in [-0.15, -0.1) is 0 Å². The molecule has 0 aromatic heterocycles. The largest absolute Gasteiger partial charge is 0.374 e. The molecular weight excluding hydrogens is 186 g/mol. The maximum absolute atomic E-state index is 6.08. The van der Waals surface area contributed by atoms with Crippen LogP contribution in [-0.4, -0.2) is 24.8 Å². The van der Waals surface area contributed by atoms with Gasteiger partial charge in [0.1, 0.15) is 0 Å². The Bertz CT molecular complexity index is 173. The quantitative estimate of drug-likeness (QED) is 0.669. The van der Waals surface area contributed by atoms with Crippen LogP contribution in [-0.2, 0) is 4.74 Å². The molecule has 90 valence electrons. The molecule has 1 rings (SSSR count). The van der Waals surface area contributed by atoms with Crippen molar-refractivity contribution in [2.75, 3.05) is 13.2 Å². The minimum Gasteiger partial charge on any atom is -0.374 e. The van der Waals surface area contributed by atoms with Gasteiger partial charge in [0.15, 0.2) is 0 Å². The molecule has 0 amide bonds. The second kappa shape index (κ2) is 5.86. The summed E-state index contributed by atoms with van der Waals surface area (Å²) >= 11 is 0. The van der Waals surface area contributed by atoms with Crippen LogP contribution in [0.25, 0.3) is 0 Å². The van der Waals surface area contributed by atoms with E-state index < -0.39 is 0 Å². The molecule has 1 saturated carbocycles. The van der Waals surface area contributed by atoms with Crippen LogP contribution in [0, 0.1) is 5.92 Å². The summed E-state index contributed by atoms with van der Waals surface area (Å²) in [5.74, 6) is 0.858. The van der Waals surface area contributed by atoms with Crippen molar-refractivity contribution < 1.29 is 4.74 Å². The molecule has 0 aromatic rings. The number of likely N-dealkylation sites (N-methyl/N-ethyl adjacent to an activating group) is 1. The van der Waals surface area contributed by atoms with Gasteiger partial charge in [-0.3, -0.25) is 0 Å². The summed E-state index contributed by atoms with van der Waals surface area (Å²) in [6, 6.07) is 0.567. The highest BCUT2D eigenvalue weighted by Gasteiger charge is 2.44. The van der Waals surface area contributed by atoms with Crippen LogP contribution < -0.4 is 5.32 Å². The van der Waals surface area contributed by atoms with Crippen LogP contribution in [0.5, 0.6) is 0 Å². The lowest BCUT2D eigenvalue weighted by atomic mass is 9.85. The zero-order valence-electron chi connectivity index (χ0n) is 10.8. The fourth-order valence-corrected chi connectivity index (χ4v) is 2.70. The molecule has 0 heterocycles. The van der Waals surface area contributed by atoms with Gasteiger partial charge in [-0.25, -0.2) is 0 Å². The van der Waals surface area contributed by atoms with E-state index in [0.717, 1.165) is 31.9 Å². The van der Waals surface area contributed by atoms with Crippen molar-refractivity contribution >= 4 is 0 Å². The lowest BCUT2D eigenvalue weighted by molar-refractivity contribution is -0.0767. The predicted molar refractivity (Wildman–Crippen MR) is 65.1 cm³/mol. The van der Waals surface area contributed by atoms with Gasteiger partial charge in [0, 0.05) is 12.6 Å². The Morgan fingerprint density at radius 1 is 1.20 bits per heavy atom. The molecule has 1 N–H and O–H groups in total. The molecule has 0 aliphatic heterocycles. The van der Waals surface area contributed by atoms with Crippen LogP contribution in [0.2, 0.25) is 0 Å². The van der Waals surface area contributed by atoms with Crippen molar-refractivity contribution in [3.05, 3.63) is 0 Å². The Morgan fingerprint density at radius 2 is 1.80 bits per heavy atom. The van der Waals surface area contributed by atoms with E-state index >= 15 is 0 Å². The highest BCUT2D eigenvalue weighted by molar-refractivity contribution is 5.00. The minimum absolute atomic E-state index is 0.0753. The standard InChI is InChI=1S/C13H27NO/c1-5-13(6-2,15-8-4)12(14-7-3)11-9-10-11/h11-12,14H,5-10H2,1-4H3. The molecule has 0 spiro atoms. The van der Waals surface area contributed by atoms with E-state index in [2.05, 4.69) is 33.0 Å². The first-order valence-corrected chi connectivity index (χ1v) is 6.61. The van der Waals surface area contributed by atoms with Gasteiger partial charge in [0.25, 0.3) is 0 Å². The average Bonchev–Trinajstić information content (AvgIpc) is 3.07. The number of hydrogen-bond acceptors (Lipinski definition) is 2. The number of hydrogen-bond donors (Lipinski definition) is 1. The molecule has 1 unspecified atom stereocenters. The first kappa shape index (κ1) is 13.0. The first-order chi connectivity index (χ1) is 7.24. The van der Waals surface area contributed by atoms with E-state index in [4.69, 9.17) is 4.74 Å². The van der Waals surface area contributed by atoms with Crippen LogP contribution >= 0.6 is 0 Å². The Balaban J connectivity index is 2.71. The molecular formula is C13H27NO. The number of rotatable bonds is 8. The normalized spacial score (nSPS) is 19.2. The molecule has 1 atom stereocenters. The molecule has 15 heavy (non-hydrogen) atoms. The minimum atomic E-state index is 0.0753. The number of nitrogens with one attached hydrogen (secondary N) is 1. The van der Waals surface area contributed by atoms with Crippen molar-refractivity contribution in [2.45, 2.75) is 65.0 Å². The van der Waals surface area contributed by atoms with Gasteiger partial charge in [-0.2, -0.15) is 0 Å². The molecule has 1 aliphatic rings. The maximum atomic E-state index is 6.08. The molecule has 2 nitrogen and oxygen atoms in total. The van der Waals surface area contributed by atoms with Crippen molar-refractivity contribution in [1.82, 2.24) is 5.32 Å². The van der Waals surface area contributed by atoms with Crippen molar-refractivity contribution in [1.29, 1.82) is 0 Å². The Labute approximate surface area is 94.8 Å². The van der Waals surface area contributed by atoms with E-state index in [1.165, 1.54) is 12.8 Å². The summed E-state index contributed by atoms with van der Waals surface area (Å²) in [5, 5.41) is 3.65. The van der Waals surface area contributed by atoms with Crippen molar-refractivity contribution in [3.63, 3.8) is 0 Å². The van der Waals surface area contributed by atoms with E-state index in [-0.39, 0.29) is 5.60 Å².